The molecule has 2 unspecified atom stereocenters. The highest BCUT2D eigenvalue weighted by atomic mass is 16.7. The first-order valence-electron chi connectivity index (χ1n) is 9.70. The minimum atomic E-state index is -0.514. The summed E-state index contributed by atoms with van der Waals surface area (Å²) in [6.45, 7) is 12.3. The average molecular weight is 364 g/mol. The summed E-state index contributed by atoms with van der Waals surface area (Å²) in [5, 5.41) is 0. The molecule has 3 rings (SSSR count). The van der Waals surface area contributed by atoms with Crippen LogP contribution < -0.4 is 0 Å². The van der Waals surface area contributed by atoms with Crippen LogP contribution in [0.3, 0.4) is 0 Å². The van der Waals surface area contributed by atoms with Gasteiger partial charge in [-0.25, -0.2) is 4.79 Å². The van der Waals surface area contributed by atoms with E-state index in [9.17, 15) is 4.79 Å². The fraction of sp³-hybridized carbons (Fsp3) is 0.762. The molecule has 2 atom stereocenters. The number of carbonyl (C=O) groups excluding carboxylic acids is 1. The van der Waals surface area contributed by atoms with Crippen LogP contribution in [0.1, 0.15) is 60.3 Å². The van der Waals surface area contributed by atoms with Gasteiger partial charge in [-0.3, -0.25) is 0 Å². The van der Waals surface area contributed by atoms with Gasteiger partial charge in [-0.05, 0) is 31.9 Å². The van der Waals surface area contributed by atoms with Crippen molar-refractivity contribution >= 4 is 5.97 Å². The number of fused-ring (bicyclic) bond motifs is 1. The Morgan fingerprint density at radius 2 is 1.85 bits per heavy atom. The van der Waals surface area contributed by atoms with Gasteiger partial charge in [0.05, 0.1) is 19.8 Å². The highest BCUT2D eigenvalue weighted by molar-refractivity contribution is 5.83. The van der Waals surface area contributed by atoms with Crippen molar-refractivity contribution in [1.82, 2.24) is 0 Å². The van der Waals surface area contributed by atoms with Crippen molar-refractivity contribution in [1.29, 1.82) is 0 Å². The fourth-order valence-electron chi connectivity index (χ4n) is 4.71. The first-order chi connectivity index (χ1) is 12.2. The Bertz CT molecular complexity index is 614. The van der Waals surface area contributed by atoms with E-state index < -0.39 is 5.79 Å². The Hall–Kier alpha value is -1.17. The quantitative estimate of drug-likeness (QED) is 0.235. The molecule has 5 heteroatoms. The summed E-state index contributed by atoms with van der Waals surface area (Å²) in [7, 11) is 0. The maximum atomic E-state index is 11.8. The van der Waals surface area contributed by atoms with E-state index in [0.717, 1.165) is 31.3 Å². The number of rotatable bonds is 6. The molecule has 2 saturated heterocycles. The van der Waals surface area contributed by atoms with Gasteiger partial charge < -0.3 is 18.9 Å². The van der Waals surface area contributed by atoms with Crippen LogP contribution in [0.5, 0.6) is 0 Å². The van der Waals surface area contributed by atoms with Crippen LogP contribution in [-0.4, -0.2) is 42.8 Å². The molecule has 3 fully saturated rings. The molecule has 1 saturated carbocycles. The molecule has 0 aromatic carbocycles. The number of carbonyl (C=O) groups is 1. The van der Waals surface area contributed by atoms with Crippen molar-refractivity contribution in [3.05, 3.63) is 23.8 Å². The summed E-state index contributed by atoms with van der Waals surface area (Å²) >= 11 is 0. The normalized spacial score (nSPS) is 34.9. The molecule has 0 amide bonds. The summed E-state index contributed by atoms with van der Waals surface area (Å²) in [6, 6.07) is 0. The molecule has 1 spiro atoms. The first-order valence-corrected chi connectivity index (χ1v) is 9.70. The van der Waals surface area contributed by atoms with Crippen LogP contribution in [0.2, 0.25) is 0 Å². The lowest BCUT2D eigenvalue weighted by Crippen LogP contribution is -2.52. The van der Waals surface area contributed by atoms with Crippen LogP contribution >= 0.6 is 0 Å². The van der Waals surface area contributed by atoms with Crippen molar-refractivity contribution in [3.8, 4) is 0 Å². The number of ether oxygens (including phenoxy) is 4. The summed E-state index contributed by atoms with van der Waals surface area (Å²) < 4.78 is 23.4. The minimum Gasteiger partial charge on any atom is -0.463 e. The largest absolute Gasteiger partial charge is 0.463 e. The molecule has 1 aliphatic carbocycles. The lowest BCUT2D eigenvalue weighted by molar-refractivity contribution is -0.201. The zero-order chi connectivity index (χ0) is 19.1. The molecular formula is C21H32O5. The van der Waals surface area contributed by atoms with Crippen LogP contribution in [0, 0.1) is 5.41 Å². The molecular weight excluding hydrogens is 332 g/mol. The van der Waals surface area contributed by atoms with Gasteiger partial charge in [-0.15, -0.1) is 0 Å². The lowest BCUT2D eigenvalue weighted by Gasteiger charge is -2.45. The molecule has 3 aliphatic rings. The van der Waals surface area contributed by atoms with Gasteiger partial charge in [-0.2, -0.15) is 0 Å². The van der Waals surface area contributed by atoms with Gasteiger partial charge in [0.25, 0.3) is 0 Å². The van der Waals surface area contributed by atoms with Gasteiger partial charge in [0.15, 0.2) is 5.79 Å². The first kappa shape index (κ1) is 19.6. The summed E-state index contributed by atoms with van der Waals surface area (Å²) in [5.74, 6) is -0.799. The monoisotopic (exact) mass is 364 g/mol. The smallest absolute Gasteiger partial charge is 0.331 e. The van der Waals surface area contributed by atoms with E-state index >= 15 is 0 Å². The lowest BCUT2D eigenvalue weighted by atomic mass is 9.61. The highest BCUT2D eigenvalue weighted by Gasteiger charge is 2.78. The van der Waals surface area contributed by atoms with Gasteiger partial charge in [-0.1, -0.05) is 33.3 Å². The van der Waals surface area contributed by atoms with E-state index in [-0.39, 0.29) is 22.6 Å². The van der Waals surface area contributed by atoms with Gasteiger partial charge >= 0.3 is 5.97 Å². The van der Waals surface area contributed by atoms with Gasteiger partial charge in [0, 0.05) is 24.3 Å². The topological polar surface area (TPSA) is 57.3 Å². The Morgan fingerprint density at radius 1 is 1.15 bits per heavy atom. The van der Waals surface area contributed by atoms with Crippen molar-refractivity contribution < 1.29 is 23.7 Å². The molecule has 0 radical (unpaired) electrons. The number of esters is 1. The van der Waals surface area contributed by atoms with Crippen molar-refractivity contribution in [2.75, 3.05) is 19.8 Å². The summed E-state index contributed by atoms with van der Waals surface area (Å²) in [6.07, 6.45) is 9.06. The molecule has 5 nitrogen and oxygen atoms in total. The maximum absolute atomic E-state index is 11.8. The molecule has 2 aliphatic heterocycles. The van der Waals surface area contributed by atoms with Crippen LogP contribution in [0.4, 0.5) is 0 Å². The predicted octanol–water partition coefficient (Wildman–Crippen LogP) is 3.92. The number of hydrogen-bond acceptors (Lipinski definition) is 5. The van der Waals surface area contributed by atoms with Crippen LogP contribution in [0.25, 0.3) is 0 Å². The second-order valence-corrected chi connectivity index (χ2v) is 8.66. The molecule has 2 heterocycles. The van der Waals surface area contributed by atoms with Crippen molar-refractivity contribution in [2.45, 2.75) is 77.3 Å². The molecule has 0 N–H and O–H groups in total. The molecule has 26 heavy (non-hydrogen) atoms. The van der Waals surface area contributed by atoms with E-state index in [1.165, 1.54) is 0 Å². The molecule has 0 aromatic rings. The summed E-state index contributed by atoms with van der Waals surface area (Å²) in [5.41, 5.74) is 0.0605. The second-order valence-electron chi connectivity index (χ2n) is 8.66. The third kappa shape index (κ3) is 3.37. The SMILES string of the molecule is CCCCOC(=O)C=C(C)C=CC12OC1(C)CC1(CC2(C)C)OCCO1. The van der Waals surface area contributed by atoms with Gasteiger partial charge in [0.1, 0.15) is 11.2 Å². The van der Waals surface area contributed by atoms with E-state index in [1.807, 2.05) is 13.0 Å². The standard InChI is InChI=1S/C21H32O5/c1-6-7-10-23-17(22)13-16(2)8-9-21-18(3,4)14-20(24-11-12-25-20)15-19(21,5)26-21/h8-9,13H,6-7,10-12,14-15H2,1-5H3. The Morgan fingerprint density at radius 3 is 2.46 bits per heavy atom. The van der Waals surface area contributed by atoms with Crippen LogP contribution in [-0.2, 0) is 23.7 Å². The van der Waals surface area contributed by atoms with Crippen molar-refractivity contribution in [2.24, 2.45) is 5.41 Å². The molecule has 0 bridgehead atoms. The molecule has 0 aromatic heterocycles. The number of epoxide rings is 1. The van der Waals surface area contributed by atoms with E-state index in [4.69, 9.17) is 18.9 Å². The highest BCUT2D eigenvalue weighted by Crippen LogP contribution is 2.69. The third-order valence-electron chi connectivity index (χ3n) is 5.94. The number of hydrogen-bond donors (Lipinski definition) is 0. The zero-order valence-corrected chi connectivity index (χ0v) is 16.7. The Balaban J connectivity index is 1.69. The number of unbranched alkanes of at least 4 members (excludes halogenated alkanes) is 1. The minimum absolute atomic E-state index is 0.136. The average Bonchev–Trinajstić information content (AvgIpc) is 2.91. The maximum Gasteiger partial charge on any atom is 0.331 e. The van der Waals surface area contributed by atoms with Crippen molar-refractivity contribution in [3.63, 3.8) is 0 Å². The summed E-state index contributed by atoms with van der Waals surface area (Å²) in [4.78, 5) is 11.8. The zero-order valence-electron chi connectivity index (χ0n) is 16.7. The Labute approximate surface area is 156 Å². The Kier molecular flexibility index (Phi) is 5.10. The van der Waals surface area contributed by atoms with Crippen LogP contribution in [0.15, 0.2) is 23.8 Å². The fourth-order valence-corrected chi connectivity index (χ4v) is 4.71. The third-order valence-corrected chi connectivity index (χ3v) is 5.94. The van der Waals surface area contributed by atoms with E-state index in [1.54, 1.807) is 6.08 Å². The molecule has 146 valence electrons. The van der Waals surface area contributed by atoms with E-state index in [0.29, 0.717) is 19.8 Å². The van der Waals surface area contributed by atoms with Gasteiger partial charge in [0.2, 0.25) is 0 Å². The number of allylic oxidation sites excluding steroid dienone is 2. The predicted molar refractivity (Wildman–Crippen MR) is 98.6 cm³/mol. The second kappa shape index (κ2) is 6.77. The van der Waals surface area contributed by atoms with E-state index in [2.05, 4.69) is 33.8 Å².